The van der Waals surface area contributed by atoms with Crippen LogP contribution in [0.25, 0.3) is 11.1 Å². The van der Waals surface area contributed by atoms with Crippen LogP contribution in [-0.4, -0.2) is 0 Å². The summed E-state index contributed by atoms with van der Waals surface area (Å²) >= 11 is 0. The molecule has 0 atom stereocenters. The van der Waals surface area contributed by atoms with Crippen molar-refractivity contribution in [3.05, 3.63) is 103 Å². The Balaban J connectivity index is 1.56. The van der Waals surface area contributed by atoms with Crippen LogP contribution in [0.1, 0.15) is 0 Å². The van der Waals surface area contributed by atoms with E-state index in [2.05, 4.69) is 10.6 Å². The molecule has 0 aromatic heterocycles. The summed E-state index contributed by atoms with van der Waals surface area (Å²) in [5, 5.41) is 6.64. The molecule has 28 heavy (non-hydrogen) atoms. The van der Waals surface area contributed by atoms with E-state index >= 15 is 0 Å². The number of benzene rings is 4. The Morgan fingerprint density at radius 3 is 1.71 bits per heavy atom. The highest BCUT2D eigenvalue weighted by atomic mass is 19.2. The monoisotopic (exact) mass is 369 g/mol. The Bertz CT molecular complexity index is 1030. The van der Waals surface area contributed by atoms with Gasteiger partial charge in [0.15, 0.2) is 0 Å². The second-order valence-electron chi connectivity index (χ2n) is 6.38. The molecule has 4 aromatic carbocycles. The molecule has 0 saturated carbocycles. The highest BCUT2D eigenvalue weighted by molar-refractivity contribution is 5.88. The second-order valence-corrected chi connectivity index (χ2v) is 6.38. The van der Waals surface area contributed by atoms with Crippen LogP contribution in [0.4, 0.5) is 32.9 Å². The van der Waals surface area contributed by atoms with Crippen LogP contribution in [0.2, 0.25) is 0 Å². The van der Waals surface area contributed by atoms with Gasteiger partial charge in [-0.25, -0.2) is 5.54 Å². The third-order valence-corrected chi connectivity index (χ3v) is 4.47. The average molecular weight is 369 g/mol. The fraction of sp³-hybridized carbons (Fsp3) is 0. The lowest BCUT2D eigenvalue weighted by Gasteiger charge is -2.15. The molecule has 0 spiro atoms. The van der Waals surface area contributed by atoms with E-state index in [1.807, 2.05) is 109 Å². The average Bonchev–Trinajstić information content (AvgIpc) is 2.76. The smallest absolute Gasteiger partial charge is 0.0968 e. The first-order valence-corrected chi connectivity index (χ1v) is 9.08. The number of rotatable bonds is 6. The highest BCUT2D eigenvalue weighted by Gasteiger charge is 2.10. The van der Waals surface area contributed by atoms with Crippen molar-refractivity contribution in [2.45, 2.75) is 0 Å². The lowest BCUT2D eigenvalue weighted by atomic mass is 10.0. The van der Waals surface area contributed by atoms with Crippen LogP contribution in [0, 0.1) is 0 Å². The molecule has 0 unspecified atom stereocenters. The molecule has 4 rings (SSSR count). The number of para-hydroxylation sites is 2. The fourth-order valence-corrected chi connectivity index (χ4v) is 3.10. The van der Waals surface area contributed by atoms with Crippen molar-refractivity contribution in [3.8, 4) is 11.1 Å². The van der Waals surface area contributed by atoms with Crippen molar-refractivity contribution >= 4 is 28.4 Å². The van der Waals surface area contributed by atoms with Gasteiger partial charge in [-0.15, -0.1) is 4.48 Å². The zero-order valence-corrected chi connectivity index (χ0v) is 15.2. The molecule has 4 heteroatoms. The minimum Gasteiger partial charge on any atom is -0.356 e. The minimum absolute atomic E-state index is 0.417. The molecule has 3 nitrogen and oxygen atoms in total. The van der Waals surface area contributed by atoms with E-state index in [1.165, 1.54) is 0 Å². The van der Waals surface area contributed by atoms with Gasteiger partial charge in [0.05, 0.1) is 11.4 Å². The summed E-state index contributed by atoms with van der Waals surface area (Å²) in [5.41, 5.74) is 7.59. The van der Waals surface area contributed by atoms with E-state index in [4.69, 9.17) is 0 Å². The first kappa shape index (κ1) is 17.6. The summed E-state index contributed by atoms with van der Waals surface area (Å²) in [4.78, 5) is 0. The van der Waals surface area contributed by atoms with Crippen molar-refractivity contribution in [2.75, 3.05) is 16.2 Å². The van der Waals surface area contributed by atoms with Crippen LogP contribution >= 0.6 is 0 Å². The molecule has 0 amide bonds. The number of hydrogen-bond donors (Lipinski definition) is 3. The van der Waals surface area contributed by atoms with E-state index < -0.39 is 0 Å². The van der Waals surface area contributed by atoms with Gasteiger partial charge in [-0.05, 0) is 48.0 Å². The second kappa shape index (κ2) is 8.27. The van der Waals surface area contributed by atoms with Gasteiger partial charge in [0, 0.05) is 22.6 Å². The summed E-state index contributed by atoms with van der Waals surface area (Å²) in [6, 6.07) is 33.3. The molecule has 0 aliphatic heterocycles. The largest absolute Gasteiger partial charge is 0.356 e. The summed E-state index contributed by atoms with van der Waals surface area (Å²) in [6.07, 6.45) is 0. The number of hydrogen-bond acceptors (Lipinski definition) is 3. The molecule has 4 aromatic rings. The van der Waals surface area contributed by atoms with Crippen molar-refractivity contribution in [3.63, 3.8) is 0 Å². The third kappa shape index (κ3) is 3.96. The van der Waals surface area contributed by atoms with Crippen molar-refractivity contribution < 1.29 is 4.48 Å². The standard InChI is InChI=1S/C24H20FN3/c25-28-24-22(18-8-3-1-4-9-18)12-7-13-23(24)27-21-16-14-20(15-17-21)26-19-10-5-2-6-11-19/h1-17,26-28H. The summed E-state index contributed by atoms with van der Waals surface area (Å²) in [5.74, 6) is 0. The molecular weight excluding hydrogens is 349 g/mol. The quantitative estimate of drug-likeness (QED) is 0.316. The van der Waals surface area contributed by atoms with E-state index in [-0.39, 0.29) is 0 Å². The van der Waals surface area contributed by atoms with Gasteiger partial charge in [0.25, 0.3) is 0 Å². The van der Waals surface area contributed by atoms with Gasteiger partial charge < -0.3 is 10.6 Å². The Hall–Kier alpha value is -3.79. The topological polar surface area (TPSA) is 36.1 Å². The van der Waals surface area contributed by atoms with Crippen molar-refractivity contribution in [1.29, 1.82) is 0 Å². The maximum atomic E-state index is 13.6. The van der Waals surface area contributed by atoms with Gasteiger partial charge in [-0.3, -0.25) is 0 Å². The van der Waals surface area contributed by atoms with Crippen LogP contribution in [0.5, 0.6) is 0 Å². The van der Waals surface area contributed by atoms with E-state index in [1.54, 1.807) is 0 Å². The predicted molar refractivity (Wildman–Crippen MR) is 116 cm³/mol. The molecule has 0 aliphatic carbocycles. The first-order valence-electron chi connectivity index (χ1n) is 9.08. The normalized spacial score (nSPS) is 10.3. The SMILES string of the molecule is FNc1c(Nc2ccc(Nc3ccccc3)cc2)cccc1-c1ccccc1. The third-order valence-electron chi connectivity index (χ3n) is 4.47. The van der Waals surface area contributed by atoms with Crippen LogP contribution in [0.3, 0.4) is 0 Å². The van der Waals surface area contributed by atoms with E-state index in [0.29, 0.717) is 11.4 Å². The molecule has 0 radical (unpaired) electrons. The van der Waals surface area contributed by atoms with Crippen LogP contribution < -0.4 is 16.2 Å². The summed E-state index contributed by atoms with van der Waals surface area (Å²) < 4.78 is 13.6. The highest BCUT2D eigenvalue weighted by Crippen LogP contribution is 2.36. The summed E-state index contributed by atoms with van der Waals surface area (Å²) in [7, 11) is 0. The summed E-state index contributed by atoms with van der Waals surface area (Å²) in [6.45, 7) is 0. The zero-order valence-electron chi connectivity index (χ0n) is 15.2. The van der Waals surface area contributed by atoms with Crippen molar-refractivity contribution in [2.24, 2.45) is 0 Å². The maximum absolute atomic E-state index is 13.6. The number of nitrogens with one attached hydrogen (secondary N) is 3. The van der Waals surface area contributed by atoms with Gasteiger partial charge in [-0.1, -0.05) is 60.7 Å². The number of halogens is 1. The van der Waals surface area contributed by atoms with Gasteiger partial charge in [-0.2, -0.15) is 0 Å². The Kier molecular flexibility index (Phi) is 5.20. The molecule has 3 N–H and O–H groups in total. The van der Waals surface area contributed by atoms with E-state index in [0.717, 1.165) is 28.2 Å². The number of anilines is 5. The molecule has 0 heterocycles. The molecule has 0 aliphatic rings. The Morgan fingerprint density at radius 1 is 0.500 bits per heavy atom. The Labute approximate surface area is 163 Å². The zero-order chi connectivity index (χ0) is 19.2. The molecule has 0 fully saturated rings. The first-order chi connectivity index (χ1) is 13.8. The minimum atomic E-state index is 0.417. The molecule has 0 bridgehead atoms. The fourth-order valence-electron chi connectivity index (χ4n) is 3.10. The van der Waals surface area contributed by atoms with Gasteiger partial charge in [0.2, 0.25) is 0 Å². The van der Waals surface area contributed by atoms with Crippen molar-refractivity contribution in [1.82, 2.24) is 0 Å². The predicted octanol–water partition coefficient (Wildman–Crippen LogP) is 7.14. The van der Waals surface area contributed by atoms with E-state index in [9.17, 15) is 4.48 Å². The van der Waals surface area contributed by atoms with Crippen LogP contribution in [0.15, 0.2) is 103 Å². The molecular formula is C24H20FN3. The lowest BCUT2D eigenvalue weighted by molar-refractivity contribution is 0.619. The van der Waals surface area contributed by atoms with Crippen LogP contribution in [-0.2, 0) is 0 Å². The lowest BCUT2D eigenvalue weighted by Crippen LogP contribution is -1.97. The van der Waals surface area contributed by atoms with Gasteiger partial charge >= 0.3 is 0 Å². The molecule has 0 saturated heterocycles. The van der Waals surface area contributed by atoms with Gasteiger partial charge in [0.1, 0.15) is 0 Å². The maximum Gasteiger partial charge on any atom is 0.0968 e. The Morgan fingerprint density at radius 2 is 1.07 bits per heavy atom. The molecule has 138 valence electrons.